The van der Waals surface area contributed by atoms with Gasteiger partial charge in [0.1, 0.15) is 0 Å². The van der Waals surface area contributed by atoms with Crippen LogP contribution in [0.5, 0.6) is 0 Å². The molecule has 1 heterocycles. The topological polar surface area (TPSA) is 38.9 Å². The largest absolute Gasteiger partial charge is 0.321 e. The van der Waals surface area contributed by atoms with Gasteiger partial charge < -0.3 is 5.73 Å². The van der Waals surface area contributed by atoms with Crippen LogP contribution in [-0.2, 0) is 12.0 Å². The summed E-state index contributed by atoms with van der Waals surface area (Å²) in [4.78, 5) is 4.29. The third kappa shape index (κ3) is 2.49. The maximum atomic E-state index is 6.36. The molecule has 2 N–H and O–H groups in total. The third-order valence-electron chi connectivity index (χ3n) is 2.68. The molecule has 0 saturated carbocycles. The van der Waals surface area contributed by atoms with E-state index in [-0.39, 0.29) is 5.54 Å². The highest BCUT2D eigenvalue weighted by atomic mass is 32.1. The number of nitrogens with two attached hydrogens (primary N) is 1. The van der Waals surface area contributed by atoms with Crippen molar-refractivity contribution in [2.24, 2.45) is 5.73 Å². The van der Waals surface area contributed by atoms with Crippen LogP contribution in [0, 0.1) is 6.92 Å². The van der Waals surface area contributed by atoms with E-state index in [1.807, 2.05) is 11.6 Å². The SMILES string of the molecule is Cc1cccc(C(C)(N)Cc2nccs2)c1. The lowest BCUT2D eigenvalue weighted by Gasteiger charge is -2.24. The van der Waals surface area contributed by atoms with Gasteiger partial charge in [-0.25, -0.2) is 4.98 Å². The highest BCUT2D eigenvalue weighted by Gasteiger charge is 2.22. The molecule has 3 heteroatoms. The van der Waals surface area contributed by atoms with Gasteiger partial charge in [-0.3, -0.25) is 0 Å². The van der Waals surface area contributed by atoms with Crippen LogP contribution < -0.4 is 5.73 Å². The Morgan fingerprint density at radius 1 is 1.44 bits per heavy atom. The van der Waals surface area contributed by atoms with Crippen molar-refractivity contribution in [2.75, 3.05) is 0 Å². The van der Waals surface area contributed by atoms with E-state index in [1.165, 1.54) is 11.1 Å². The normalized spacial score (nSPS) is 14.7. The molecule has 2 aromatic rings. The second kappa shape index (κ2) is 4.36. The van der Waals surface area contributed by atoms with Crippen molar-refractivity contribution >= 4 is 11.3 Å². The molecule has 1 aromatic heterocycles. The molecule has 0 bridgehead atoms. The minimum atomic E-state index is -0.343. The van der Waals surface area contributed by atoms with Gasteiger partial charge in [-0.15, -0.1) is 11.3 Å². The summed E-state index contributed by atoms with van der Waals surface area (Å²) in [6.07, 6.45) is 2.61. The first-order chi connectivity index (χ1) is 7.58. The van der Waals surface area contributed by atoms with E-state index in [2.05, 4.69) is 43.1 Å². The number of rotatable bonds is 3. The Labute approximate surface area is 100 Å². The lowest BCUT2D eigenvalue weighted by molar-refractivity contribution is 0.490. The summed E-state index contributed by atoms with van der Waals surface area (Å²) >= 11 is 1.66. The molecule has 0 fully saturated rings. The molecular weight excluding hydrogens is 216 g/mol. The zero-order chi connectivity index (χ0) is 11.6. The molecule has 1 unspecified atom stereocenters. The van der Waals surface area contributed by atoms with E-state index < -0.39 is 0 Å². The standard InChI is InChI=1S/C13H16N2S/c1-10-4-3-5-11(8-10)13(2,14)9-12-15-6-7-16-12/h3-8H,9,14H2,1-2H3. The van der Waals surface area contributed by atoms with Gasteiger partial charge in [-0.1, -0.05) is 29.8 Å². The number of hydrogen-bond donors (Lipinski definition) is 1. The Morgan fingerprint density at radius 3 is 2.88 bits per heavy atom. The molecule has 2 rings (SSSR count). The van der Waals surface area contributed by atoms with Crippen molar-refractivity contribution in [3.8, 4) is 0 Å². The van der Waals surface area contributed by atoms with Crippen LogP contribution in [0.1, 0.15) is 23.1 Å². The maximum Gasteiger partial charge on any atom is 0.0946 e. The molecule has 0 amide bonds. The summed E-state index contributed by atoms with van der Waals surface area (Å²) < 4.78 is 0. The summed E-state index contributed by atoms with van der Waals surface area (Å²) in [6, 6.07) is 8.37. The van der Waals surface area contributed by atoms with Gasteiger partial charge in [-0.05, 0) is 19.4 Å². The first-order valence-corrected chi connectivity index (χ1v) is 6.20. The molecule has 0 aliphatic heterocycles. The second-order valence-corrected chi connectivity index (χ2v) is 5.37. The Hall–Kier alpha value is -1.19. The van der Waals surface area contributed by atoms with E-state index in [0.717, 1.165) is 11.4 Å². The quantitative estimate of drug-likeness (QED) is 0.883. The van der Waals surface area contributed by atoms with Gasteiger partial charge in [0, 0.05) is 23.5 Å². The first-order valence-electron chi connectivity index (χ1n) is 5.32. The maximum absolute atomic E-state index is 6.36. The van der Waals surface area contributed by atoms with Crippen molar-refractivity contribution in [1.82, 2.24) is 4.98 Å². The fourth-order valence-corrected chi connectivity index (χ4v) is 2.54. The number of nitrogens with zero attached hydrogens (tertiary/aromatic N) is 1. The van der Waals surface area contributed by atoms with Crippen LogP contribution in [0.15, 0.2) is 35.8 Å². The Kier molecular flexibility index (Phi) is 3.08. The smallest absolute Gasteiger partial charge is 0.0946 e. The van der Waals surface area contributed by atoms with Crippen molar-refractivity contribution in [1.29, 1.82) is 0 Å². The predicted molar refractivity (Wildman–Crippen MR) is 68.5 cm³/mol. The monoisotopic (exact) mass is 232 g/mol. The Bertz CT molecular complexity index is 461. The molecule has 2 nitrogen and oxygen atoms in total. The molecular formula is C13H16N2S. The van der Waals surface area contributed by atoms with E-state index in [9.17, 15) is 0 Å². The summed E-state index contributed by atoms with van der Waals surface area (Å²) in [5.41, 5.74) is 8.43. The number of hydrogen-bond acceptors (Lipinski definition) is 3. The molecule has 0 aliphatic carbocycles. The Balaban J connectivity index is 2.24. The lowest BCUT2D eigenvalue weighted by Crippen LogP contribution is -2.35. The fourth-order valence-electron chi connectivity index (χ4n) is 1.76. The van der Waals surface area contributed by atoms with Crippen LogP contribution in [0.2, 0.25) is 0 Å². The number of benzene rings is 1. The lowest BCUT2D eigenvalue weighted by atomic mass is 9.89. The van der Waals surface area contributed by atoms with Crippen molar-refractivity contribution < 1.29 is 0 Å². The van der Waals surface area contributed by atoms with E-state index in [4.69, 9.17) is 5.73 Å². The zero-order valence-corrected chi connectivity index (χ0v) is 10.4. The number of aromatic nitrogens is 1. The fraction of sp³-hybridized carbons (Fsp3) is 0.308. The molecule has 0 radical (unpaired) electrons. The average Bonchev–Trinajstić information content (AvgIpc) is 2.70. The summed E-state index contributed by atoms with van der Waals surface area (Å²) in [6.45, 7) is 4.14. The van der Waals surface area contributed by atoms with Gasteiger partial charge in [0.2, 0.25) is 0 Å². The van der Waals surface area contributed by atoms with Gasteiger partial charge in [0.15, 0.2) is 0 Å². The summed E-state index contributed by atoms with van der Waals surface area (Å²) in [7, 11) is 0. The van der Waals surface area contributed by atoms with E-state index in [0.29, 0.717) is 0 Å². The van der Waals surface area contributed by atoms with E-state index >= 15 is 0 Å². The van der Waals surface area contributed by atoms with Crippen LogP contribution in [-0.4, -0.2) is 4.98 Å². The van der Waals surface area contributed by atoms with Gasteiger partial charge in [0.25, 0.3) is 0 Å². The van der Waals surface area contributed by atoms with E-state index in [1.54, 1.807) is 11.3 Å². The van der Waals surface area contributed by atoms with Gasteiger partial charge in [-0.2, -0.15) is 0 Å². The average molecular weight is 232 g/mol. The van der Waals surface area contributed by atoms with Crippen molar-refractivity contribution in [2.45, 2.75) is 25.8 Å². The molecule has 0 aliphatic rings. The highest BCUT2D eigenvalue weighted by Crippen LogP contribution is 2.24. The van der Waals surface area contributed by atoms with Crippen LogP contribution in [0.4, 0.5) is 0 Å². The zero-order valence-electron chi connectivity index (χ0n) is 9.60. The minimum absolute atomic E-state index is 0.343. The van der Waals surface area contributed by atoms with Crippen LogP contribution >= 0.6 is 11.3 Å². The number of thiazole rings is 1. The van der Waals surface area contributed by atoms with Crippen LogP contribution in [0.25, 0.3) is 0 Å². The summed E-state index contributed by atoms with van der Waals surface area (Å²) in [5.74, 6) is 0. The number of aryl methyl sites for hydroxylation is 1. The molecule has 84 valence electrons. The minimum Gasteiger partial charge on any atom is -0.321 e. The van der Waals surface area contributed by atoms with Crippen LogP contribution in [0.3, 0.4) is 0 Å². The van der Waals surface area contributed by atoms with Crippen molar-refractivity contribution in [3.05, 3.63) is 52.0 Å². The predicted octanol–water partition coefficient (Wildman–Crippen LogP) is 2.87. The van der Waals surface area contributed by atoms with Crippen molar-refractivity contribution in [3.63, 3.8) is 0 Å². The molecule has 0 saturated heterocycles. The van der Waals surface area contributed by atoms with Gasteiger partial charge in [0.05, 0.1) is 5.01 Å². The third-order valence-corrected chi connectivity index (χ3v) is 3.46. The summed E-state index contributed by atoms with van der Waals surface area (Å²) in [5, 5.41) is 3.08. The first kappa shape index (κ1) is 11.3. The molecule has 1 atom stereocenters. The van der Waals surface area contributed by atoms with Gasteiger partial charge >= 0.3 is 0 Å². The molecule has 16 heavy (non-hydrogen) atoms. The molecule has 0 spiro atoms. The molecule has 1 aromatic carbocycles. The second-order valence-electron chi connectivity index (χ2n) is 4.39. The Morgan fingerprint density at radius 2 is 2.25 bits per heavy atom. The highest BCUT2D eigenvalue weighted by molar-refractivity contribution is 7.09.